The third-order valence-electron chi connectivity index (χ3n) is 4.98. The van der Waals surface area contributed by atoms with E-state index in [1.54, 1.807) is 20.9 Å². The average molecular weight is 346 g/mol. The van der Waals surface area contributed by atoms with E-state index in [1.165, 1.54) is 4.90 Å². The highest BCUT2D eigenvalue weighted by Gasteiger charge is 2.65. The SMILES string of the molecule is CCOC(=O)[C@@H]1NC[C@]2(C(=O)N(C)c3ccccc32)[C@H]1C(=O)OCC. The van der Waals surface area contributed by atoms with Gasteiger partial charge in [0.05, 0.1) is 13.2 Å². The van der Waals surface area contributed by atoms with Gasteiger partial charge in [0.1, 0.15) is 17.4 Å². The third-order valence-corrected chi connectivity index (χ3v) is 4.98. The van der Waals surface area contributed by atoms with Gasteiger partial charge in [-0.2, -0.15) is 0 Å². The highest BCUT2D eigenvalue weighted by Crippen LogP contribution is 2.49. The molecule has 1 fully saturated rings. The summed E-state index contributed by atoms with van der Waals surface area (Å²) >= 11 is 0. The summed E-state index contributed by atoms with van der Waals surface area (Å²) in [5.41, 5.74) is 0.322. The first kappa shape index (κ1) is 17.4. The van der Waals surface area contributed by atoms with Crippen molar-refractivity contribution in [3.8, 4) is 0 Å². The fraction of sp³-hybridized carbons (Fsp3) is 0.500. The molecule has 7 heteroatoms. The van der Waals surface area contributed by atoms with Crippen molar-refractivity contribution in [2.75, 3.05) is 31.7 Å². The normalized spacial score (nSPS) is 27.5. The zero-order valence-corrected chi connectivity index (χ0v) is 14.6. The van der Waals surface area contributed by atoms with Crippen molar-refractivity contribution in [1.82, 2.24) is 5.32 Å². The third kappa shape index (κ3) is 2.41. The van der Waals surface area contributed by atoms with Gasteiger partial charge in [-0.15, -0.1) is 0 Å². The summed E-state index contributed by atoms with van der Waals surface area (Å²) in [5.74, 6) is -2.29. The molecule has 1 amide bonds. The number of hydrogen-bond acceptors (Lipinski definition) is 6. The highest BCUT2D eigenvalue weighted by atomic mass is 16.5. The van der Waals surface area contributed by atoms with Crippen LogP contribution in [0.4, 0.5) is 5.69 Å². The lowest BCUT2D eigenvalue weighted by Crippen LogP contribution is -2.50. The van der Waals surface area contributed by atoms with Gasteiger partial charge in [0, 0.05) is 19.3 Å². The largest absolute Gasteiger partial charge is 0.466 e. The van der Waals surface area contributed by atoms with Gasteiger partial charge in [-0.3, -0.25) is 14.4 Å². The number of ether oxygens (including phenoxy) is 2. The van der Waals surface area contributed by atoms with E-state index in [2.05, 4.69) is 5.32 Å². The topological polar surface area (TPSA) is 84.9 Å². The number of amides is 1. The number of esters is 2. The summed E-state index contributed by atoms with van der Waals surface area (Å²) in [6.07, 6.45) is 0. The molecule has 134 valence electrons. The van der Waals surface area contributed by atoms with E-state index >= 15 is 0 Å². The fourth-order valence-corrected chi connectivity index (χ4v) is 3.94. The number of fused-ring (bicyclic) bond motifs is 2. The molecule has 7 nitrogen and oxygen atoms in total. The number of rotatable bonds is 4. The van der Waals surface area contributed by atoms with Crippen LogP contribution in [0.3, 0.4) is 0 Å². The van der Waals surface area contributed by atoms with Gasteiger partial charge in [-0.1, -0.05) is 18.2 Å². The van der Waals surface area contributed by atoms with Gasteiger partial charge < -0.3 is 19.7 Å². The number of nitrogens with zero attached hydrogens (tertiary/aromatic N) is 1. The standard InChI is InChI=1S/C18H22N2O5/c1-4-24-15(21)13-14(16(22)25-5-2)19-10-18(13)11-8-6-7-9-12(11)20(3)17(18)23/h6-9,13-14,19H,4-5,10H2,1-3H3/t13-,14-,18-/m1/s1. The maximum atomic E-state index is 13.2. The lowest BCUT2D eigenvalue weighted by atomic mass is 9.71. The number of benzene rings is 1. The Balaban J connectivity index is 2.12. The summed E-state index contributed by atoms with van der Waals surface area (Å²) in [6.45, 7) is 3.95. The van der Waals surface area contributed by atoms with E-state index in [0.717, 1.165) is 11.3 Å². The van der Waals surface area contributed by atoms with Gasteiger partial charge >= 0.3 is 11.9 Å². The van der Waals surface area contributed by atoms with Crippen LogP contribution in [0.1, 0.15) is 19.4 Å². The number of carbonyl (C=O) groups is 3. The van der Waals surface area contributed by atoms with Crippen LogP contribution < -0.4 is 10.2 Å². The molecule has 1 spiro atoms. The van der Waals surface area contributed by atoms with E-state index in [0.29, 0.717) is 0 Å². The molecule has 1 N–H and O–H groups in total. The number of likely N-dealkylation sites (N-methyl/N-ethyl adjacent to an activating group) is 1. The zero-order chi connectivity index (χ0) is 18.2. The second kappa shape index (κ2) is 6.48. The quantitative estimate of drug-likeness (QED) is 0.805. The van der Waals surface area contributed by atoms with Gasteiger partial charge in [-0.25, -0.2) is 0 Å². The molecule has 0 radical (unpaired) electrons. The summed E-state index contributed by atoms with van der Waals surface area (Å²) in [7, 11) is 1.68. The Morgan fingerprint density at radius 1 is 1.20 bits per heavy atom. The number of nitrogens with one attached hydrogen (secondary N) is 1. The van der Waals surface area contributed by atoms with Crippen LogP contribution in [0.5, 0.6) is 0 Å². The summed E-state index contributed by atoms with van der Waals surface area (Å²) < 4.78 is 10.3. The smallest absolute Gasteiger partial charge is 0.324 e. The van der Waals surface area contributed by atoms with E-state index in [1.807, 2.05) is 24.3 Å². The lowest BCUT2D eigenvalue weighted by Gasteiger charge is -2.29. The van der Waals surface area contributed by atoms with Gasteiger partial charge in [-0.05, 0) is 25.5 Å². The molecule has 2 aliphatic rings. The zero-order valence-electron chi connectivity index (χ0n) is 14.6. The maximum Gasteiger partial charge on any atom is 0.324 e. The van der Waals surface area contributed by atoms with Gasteiger partial charge in [0.2, 0.25) is 5.91 Å². The average Bonchev–Trinajstić information content (AvgIpc) is 3.10. The van der Waals surface area contributed by atoms with Crippen LogP contribution in [0.2, 0.25) is 0 Å². The first-order chi connectivity index (χ1) is 12.0. The van der Waals surface area contributed by atoms with Crippen molar-refractivity contribution >= 4 is 23.5 Å². The lowest BCUT2D eigenvalue weighted by molar-refractivity contribution is -0.158. The predicted molar refractivity (Wildman–Crippen MR) is 90.1 cm³/mol. The summed E-state index contributed by atoms with van der Waals surface area (Å²) in [6, 6.07) is 6.42. The maximum absolute atomic E-state index is 13.2. The Hall–Kier alpha value is -2.41. The molecule has 0 saturated carbocycles. The van der Waals surface area contributed by atoms with Crippen molar-refractivity contribution in [1.29, 1.82) is 0 Å². The van der Waals surface area contributed by atoms with Gasteiger partial charge in [0.25, 0.3) is 0 Å². The van der Waals surface area contributed by atoms with Crippen LogP contribution >= 0.6 is 0 Å². The minimum atomic E-state index is -1.16. The first-order valence-corrected chi connectivity index (χ1v) is 8.43. The Kier molecular flexibility index (Phi) is 4.51. The van der Waals surface area contributed by atoms with Crippen LogP contribution in [0.15, 0.2) is 24.3 Å². The number of para-hydroxylation sites is 1. The van der Waals surface area contributed by atoms with Crippen molar-refractivity contribution in [2.45, 2.75) is 25.3 Å². The van der Waals surface area contributed by atoms with E-state index in [-0.39, 0.29) is 25.7 Å². The van der Waals surface area contributed by atoms with E-state index in [4.69, 9.17) is 9.47 Å². The molecule has 3 atom stereocenters. The summed E-state index contributed by atoms with van der Waals surface area (Å²) in [4.78, 5) is 39.8. The number of hydrogen-bond donors (Lipinski definition) is 1. The van der Waals surface area contributed by atoms with Crippen molar-refractivity contribution in [3.63, 3.8) is 0 Å². The Morgan fingerprint density at radius 3 is 2.52 bits per heavy atom. The van der Waals surface area contributed by atoms with Crippen LogP contribution in [0.25, 0.3) is 0 Å². The Bertz CT molecular complexity index is 719. The monoisotopic (exact) mass is 346 g/mol. The number of carbonyl (C=O) groups excluding carboxylic acids is 3. The molecular formula is C18H22N2O5. The molecule has 0 aromatic heterocycles. The number of anilines is 1. The molecule has 3 rings (SSSR count). The fourth-order valence-electron chi connectivity index (χ4n) is 3.94. The van der Waals surface area contributed by atoms with Crippen molar-refractivity contribution in [2.24, 2.45) is 5.92 Å². The van der Waals surface area contributed by atoms with E-state index < -0.39 is 29.3 Å². The van der Waals surface area contributed by atoms with Crippen molar-refractivity contribution < 1.29 is 23.9 Å². The first-order valence-electron chi connectivity index (χ1n) is 8.43. The van der Waals surface area contributed by atoms with Crippen LogP contribution in [-0.2, 0) is 29.3 Å². The van der Waals surface area contributed by atoms with Crippen molar-refractivity contribution in [3.05, 3.63) is 29.8 Å². The molecular weight excluding hydrogens is 324 g/mol. The molecule has 0 aliphatic carbocycles. The van der Waals surface area contributed by atoms with E-state index in [9.17, 15) is 14.4 Å². The van der Waals surface area contributed by atoms with Gasteiger partial charge in [0.15, 0.2) is 0 Å². The molecule has 1 aromatic carbocycles. The molecule has 0 bridgehead atoms. The molecule has 2 aliphatic heterocycles. The minimum Gasteiger partial charge on any atom is -0.466 e. The van der Waals surface area contributed by atoms with Crippen LogP contribution in [-0.4, -0.2) is 50.7 Å². The second-order valence-electron chi connectivity index (χ2n) is 6.19. The second-order valence-corrected chi connectivity index (χ2v) is 6.19. The molecule has 0 unspecified atom stereocenters. The molecule has 2 heterocycles. The molecule has 1 aromatic rings. The Labute approximate surface area is 146 Å². The molecule has 25 heavy (non-hydrogen) atoms. The predicted octanol–water partition coefficient (Wildman–Crippen LogP) is 0.615. The van der Waals surface area contributed by atoms with Crippen LogP contribution in [0, 0.1) is 5.92 Å². The summed E-state index contributed by atoms with van der Waals surface area (Å²) in [5, 5.41) is 3.03. The Morgan fingerprint density at radius 2 is 1.84 bits per heavy atom. The highest BCUT2D eigenvalue weighted by molar-refractivity contribution is 6.11. The minimum absolute atomic E-state index is 0.173. The molecule has 1 saturated heterocycles.